The van der Waals surface area contributed by atoms with Gasteiger partial charge in [-0.1, -0.05) is 72.2 Å². The highest BCUT2D eigenvalue weighted by atomic mass is 16.5. The lowest BCUT2D eigenvalue weighted by atomic mass is 10.0. The van der Waals surface area contributed by atoms with Crippen molar-refractivity contribution in [2.24, 2.45) is 0 Å². The summed E-state index contributed by atoms with van der Waals surface area (Å²) in [6.07, 6.45) is 3.70. The van der Waals surface area contributed by atoms with Gasteiger partial charge in [-0.2, -0.15) is 0 Å². The summed E-state index contributed by atoms with van der Waals surface area (Å²) in [6.45, 7) is 2.69. The Bertz CT molecular complexity index is 886. The molecule has 5 nitrogen and oxygen atoms in total. The lowest BCUT2D eigenvalue weighted by Crippen LogP contribution is -2.40. The van der Waals surface area contributed by atoms with E-state index >= 15 is 0 Å². The molecule has 0 aliphatic carbocycles. The van der Waals surface area contributed by atoms with Gasteiger partial charge in [-0.05, 0) is 31.5 Å². The van der Waals surface area contributed by atoms with Crippen molar-refractivity contribution in [3.8, 4) is 11.3 Å². The van der Waals surface area contributed by atoms with Gasteiger partial charge in [-0.25, -0.2) is 0 Å². The molecule has 0 radical (unpaired) electrons. The van der Waals surface area contributed by atoms with E-state index in [1.54, 1.807) is 6.07 Å². The first-order valence-corrected chi connectivity index (χ1v) is 9.90. The first-order chi connectivity index (χ1) is 13.8. The van der Waals surface area contributed by atoms with E-state index in [-0.39, 0.29) is 11.9 Å². The molecule has 4 rings (SSSR count). The van der Waals surface area contributed by atoms with Crippen LogP contribution in [0.2, 0.25) is 0 Å². The molecule has 0 bridgehead atoms. The van der Waals surface area contributed by atoms with Crippen molar-refractivity contribution in [3.05, 3.63) is 78.0 Å². The average molecular weight is 375 g/mol. The van der Waals surface area contributed by atoms with Gasteiger partial charge >= 0.3 is 0 Å². The summed E-state index contributed by atoms with van der Waals surface area (Å²) in [5.41, 5.74) is 2.45. The summed E-state index contributed by atoms with van der Waals surface area (Å²) in [7, 11) is 0. The van der Waals surface area contributed by atoms with Crippen molar-refractivity contribution in [1.29, 1.82) is 0 Å². The van der Waals surface area contributed by atoms with Gasteiger partial charge in [0.05, 0.1) is 6.04 Å². The molecule has 1 fully saturated rings. The Hall–Kier alpha value is -2.92. The first-order valence-electron chi connectivity index (χ1n) is 9.90. The number of benzene rings is 2. The smallest absolute Gasteiger partial charge is 0.273 e. The second-order valence-electron chi connectivity index (χ2n) is 7.18. The van der Waals surface area contributed by atoms with E-state index in [2.05, 4.69) is 39.6 Å². The Morgan fingerprint density at radius 3 is 2.39 bits per heavy atom. The monoisotopic (exact) mass is 375 g/mol. The van der Waals surface area contributed by atoms with Crippen LogP contribution in [-0.4, -0.2) is 35.6 Å². The minimum atomic E-state index is -0.205. The predicted octanol–water partition coefficient (Wildman–Crippen LogP) is 4.30. The highest BCUT2D eigenvalue weighted by Gasteiger charge is 2.23. The van der Waals surface area contributed by atoms with Crippen LogP contribution >= 0.6 is 0 Å². The Morgan fingerprint density at radius 1 is 1.00 bits per heavy atom. The molecule has 3 aromatic rings. The van der Waals surface area contributed by atoms with Crippen molar-refractivity contribution < 1.29 is 9.32 Å². The molecule has 2 aromatic carbocycles. The quantitative estimate of drug-likeness (QED) is 0.698. The number of carbonyl (C=O) groups excluding carboxylic acids is 1. The number of hydrogen-bond donors (Lipinski definition) is 1. The van der Waals surface area contributed by atoms with Crippen LogP contribution in [0.4, 0.5) is 0 Å². The molecular weight excluding hydrogens is 350 g/mol. The Morgan fingerprint density at radius 2 is 1.68 bits per heavy atom. The van der Waals surface area contributed by atoms with E-state index in [0.717, 1.165) is 18.7 Å². The molecule has 1 aliphatic rings. The van der Waals surface area contributed by atoms with Gasteiger partial charge in [0.25, 0.3) is 5.91 Å². The van der Waals surface area contributed by atoms with E-state index in [0.29, 0.717) is 18.0 Å². The Kier molecular flexibility index (Phi) is 5.83. The molecule has 1 unspecified atom stereocenters. The third-order valence-corrected chi connectivity index (χ3v) is 5.27. The van der Waals surface area contributed by atoms with Crippen LogP contribution < -0.4 is 5.32 Å². The highest BCUT2D eigenvalue weighted by molar-refractivity contribution is 5.93. The fourth-order valence-corrected chi connectivity index (χ4v) is 3.76. The van der Waals surface area contributed by atoms with E-state index in [9.17, 15) is 4.79 Å². The molecule has 1 aromatic heterocycles. The standard InChI is InChI=1S/C23H25N3O2/c27-23(20-16-22(28-25-20)19-12-6-2-7-13-19)24-17-21(18-10-4-1-5-11-18)26-14-8-3-9-15-26/h1-2,4-7,10-13,16,21H,3,8-9,14-15,17H2,(H,24,27). The van der Waals surface area contributed by atoms with Crippen molar-refractivity contribution in [3.63, 3.8) is 0 Å². The number of carbonyl (C=O) groups is 1. The average Bonchev–Trinajstić information content (AvgIpc) is 3.26. The van der Waals surface area contributed by atoms with Crippen LogP contribution in [0.5, 0.6) is 0 Å². The van der Waals surface area contributed by atoms with Gasteiger partial charge in [0.15, 0.2) is 11.5 Å². The first kappa shape index (κ1) is 18.4. The second kappa shape index (κ2) is 8.85. The number of rotatable bonds is 6. The zero-order valence-corrected chi connectivity index (χ0v) is 15.9. The van der Waals surface area contributed by atoms with Crippen LogP contribution in [0, 0.1) is 0 Å². The second-order valence-corrected chi connectivity index (χ2v) is 7.18. The van der Waals surface area contributed by atoms with Crippen LogP contribution in [0.15, 0.2) is 71.3 Å². The summed E-state index contributed by atoms with van der Waals surface area (Å²) in [5.74, 6) is 0.394. The minimum absolute atomic E-state index is 0.172. The van der Waals surface area contributed by atoms with Gasteiger partial charge in [0.2, 0.25) is 0 Å². The number of likely N-dealkylation sites (tertiary alicyclic amines) is 1. The Labute approximate surface area is 165 Å². The molecule has 144 valence electrons. The van der Waals surface area contributed by atoms with Crippen LogP contribution in [0.3, 0.4) is 0 Å². The van der Waals surface area contributed by atoms with Crippen LogP contribution in [-0.2, 0) is 0 Å². The molecule has 1 atom stereocenters. The van der Waals surface area contributed by atoms with E-state index < -0.39 is 0 Å². The third-order valence-electron chi connectivity index (χ3n) is 5.27. The maximum atomic E-state index is 12.7. The molecule has 5 heteroatoms. The molecular formula is C23H25N3O2. The van der Waals surface area contributed by atoms with Gasteiger partial charge in [-0.15, -0.1) is 0 Å². The number of piperidine rings is 1. The van der Waals surface area contributed by atoms with Crippen molar-refractivity contribution >= 4 is 5.91 Å². The van der Waals surface area contributed by atoms with Crippen LogP contribution in [0.25, 0.3) is 11.3 Å². The van der Waals surface area contributed by atoms with E-state index in [1.165, 1.54) is 24.8 Å². The molecule has 1 amide bonds. The SMILES string of the molecule is O=C(NCC(c1ccccc1)N1CCCCC1)c1cc(-c2ccccc2)on1. The zero-order chi connectivity index (χ0) is 19.2. The summed E-state index contributed by atoms with van der Waals surface area (Å²) >= 11 is 0. The molecule has 2 heterocycles. The maximum Gasteiger partial charge on any atom is 0.273 e. The summed E-state index contributed by atoms with van der Waals surface area (Å²) in [6, 6.07) is 21.9. The molecule has 0 spiro atoms. The Balaban J connectivity index is 1.45. The van der Waals surface area contributed by atoms with E-state index in [1.807, 2.05) is 36.4 Å². The van der Waals surface area contributed by atoms with Crippen molar-refractivity contribution in [2.45, 2.75) is 25.3 Å². The van der Waals surface area contributed by atoms with Gasteiger partial charge < -0.3 is 9.84 Å². The maximum absolute atomic E-state index is 12.7. The highest BCUT2D eigenvalue weighted by Crippen LogP contribution is 2.24. The van der Waals surface area contributed by atoms with Gasteiger partial charge in [0.1, 0.15) is 0 Å². The number of amides is 1. The number of hydrogen-bond acceptors (Lipinski definition) is 4. The number of nitrogens with zero attached hydrogens (tertiary/aromatic N) is 2. The van der Waals surface area contributed by atoms with E-state index in [4.69, 9.17) is 4.52 Å². The molecule has 1 saturated heterocycles. The molecule has 0 saturated carbocycles. The topological polar surface area (TPSA) is 58.4 Å². The van der Waals surface area contributed by atoms with Gasteiger partial charge in [0, 0.05) is 18.2 Å². The van der Waals surface area contributed by atoms with Crippen LogP contribution in [0.1, 0.15) is 41.4 Å². The fourth-order valence-electron chi connectivity index (χ4n) is 3.76. The van der Waals surface area contributed by atoms with Crippen molar-refractivity contribution in [1.82, 2.24) is 15.4 Å². The largest absolute Gasteiger partial charge is 0.355 e. The fraction of sp³-hybridized carbons (Fsp3) is 0.304. The predicted molar refractivity (Wildman–Crippen MR) is 109 cm³/mol. The zero-order valence-electron chi connectivity index (χ0n) is 15.9. The third kappa shape index (κ3) is 4.31. The van der Waals surface area contributed by atoms with Gasteiger partial charge in [-0.3, -0.25) is 9.69 Å². The minimum Gasteiger partial charge on any atom is -0.355 e. The molecule has 28 heavy (non-hydrogen) atoms. The summed E-state index contributed by atoms with van der Waals surface area (Å²) in [4.78, 5) is 15.1. The normalized spacial score (nSPS) is 15.9. The lowest BCUT2D eigenvalue weighted by Gasteiger charge is -2.35. The molecule has 1 N–H and O–H groups in total. The number of aromatic nitrogens is 1. The summed E-state index contributed by atoms with van der Waals surface area (Å²) in [5, 5.41) is 7.01. The number of nitrogens with one attached hydrogen (secondary N) is 1. The summed E-state index contributed by atoms with van der Waals surface area (Å²) < 4.78 is 5.36. The van der Waals surface area contributed by atoms with Crippen molar-refractivity contribution in [2.75, 3.05) is 19.6 Å². The molecule has 1 aliphatic heterocycles. The lowest BCUT2D eigenvalue weighted by molar-refractivity contribution is 0.0915.